The molecular weight excluding hydrogens is 316 g/mol. The third-order valence-electron chi connectivity index (χ3n) is 6.96. The highest BCUT2D eigenvalue weighted by atomic mass is 16.5. The average molecular weight is 344 g/mol. The highest BCUT2D eigenvalue weighted by Crippen LogP contribution is 2.58. The number of aliphatic hydroxyl groups is 1. The molecule has 4 unspecified atom stereocenters. The number of benzene rings is 1. The SMILES string of the molecule is CC(=O)OCC[C@H]1CC2C(CC[C@@H]2O)C2CCc3cc(O)ccc3C21. The molecule has 1 aromatic rings. The molecule has 0 aromatic heterocycles. The number of hydrogen-bond donors (Lipinski definition) is 2. The first-order valence-corrected chi connectivity index (χ1v) is 9.68. The van der Waals surface area contributed by atoms with E-state index in [0.29, 0.717) is 41.9 Å². The topological polar surface area (TPSA) is 66.8 Å². The smallest absolute Gasteiger partial charge is 0.302 e. The number of hydrogen-bond acceptors (Lipinski definition) is 4. The quantitative estimate of drug-likeness (QED) is 0.825. The standard InChI is InChI=1S/C21H28O4/c1-12(22)25-9-8-14-11-19-17(6-7-20(19)24)18-4-2-13-10-15(23)3-5-16(13)21(14)18/h3,5,10,14,17-21,23-24H,2,4,6-9,11H2,1H3/t14-,17?,18?,19?,20-,21?/m0/s1. The number of phenolic OH excluding ortho intramolecular Hbond substituents is 1. The largest absolute Gasteiger partial charge is 0.508 e. The first-order chi connectivity index (χ1) is 12.0. The number of carbonyl (C=O) groups excluding carboxylic acids is 1. The molecule has 1 aromatic carbocycles. The predicted octanol–water partition coefficient (Wildman–Crippen LogP) is 3.40. The van der Waals surface area contributed by atoms with E-state index in [4.69, 9.17) is 4.74 Å². The predicted molar refractivity (Wildman–Crippen MR) is 94.2 cm³/mol. The summed E-state index contributed by atoms with van der Waals surface area (Å²) in [6.45, 7) is 1.92. The second kappa shape index (κ2) is 6.64. The van der Waals surface area contributed by atoms with Gasteiger partial charge in [0.25, 0.3) is 0 Å². The lowest BCUT2D eigenvalue weighted by molar-refractivity contribution is -0.141. The van der Waals surface area contributed by atoms with Crippen LogP contribution in [0.3, 0.4) is 0 Å². The van der Waals surface area contributed by atoms with Gasteiger partial charge >= 0.3 is 5.97 Å². The monoisotopic (exact) mass is 344 g/mol. The molecule has 2 saturated carbocycles. The van der Waals surface area contributed by atoms with Gasteiger partial charge in [-0.25, -0.2) is 0 Å². The Bertz CT molecular complexity index is 655. The Hall–Kier alpha value is -1.55. The fraction of sp³-hybridized carbons (Fsp3) is 0.667. The van der Waals surface area contributed by atoms with E-state index < -0.39 is 0 Å². The van der Waals surface area contributed by atoms with Crippen molar-refractivity contribution in [2.45, 2.75) is 57.5 Å². The van der Waals surface area contributed by atoms with Gasteiger partial charge in [0.15, 0.2) is 0 Å². The minimum Gasteiger partial charge on any atom is -0.508 e. The van der Waals surface area contributed by atoms with E-state index in [2.05, 4.69) is 6.07 Å². The molecule has 0 heterocycles. The van der Waals surface area contributed by atoms with E-state index in [1.807, 2.05) is 6.07 Å². The van der Waals surface area contributed by atoms with E-state index in [0.717, 1.165) is 38.5 Å². The maximum absolute atomic E-state index is 11.1. The van der Waals surface area contributed by atoms with Crippen molar-refractivity contribution in [2.75, 3.05) is 6.61 Å². The molecule has 0 bridgehead atoms. The van der Waals surface area contributed by atoms with Crippen LogP contribution in [0.15, 0.2) is 18.2 Å². The van der Waals surface area contributed by atoms with Crippen LogP contribution >= 0.6 is 0 Å². The second-order valence-corrected chi connectivity index (χ2v) is 8.21. The maximum atomic E-state index is 11.1. The van der Waals surface area contributed by atoms with Crippen molar-refractivity contribution >= 4 is 5.97 Å². The zero-order valence-electron chi connectivity index (χ0n) is 14.9. The van der Waals surface area contributed by atoms with E-state index in [1.165, 1.54) is 18.1 Å². The number of esters is 1. The van der Waals surface area contributed by atoms with Gasteiger partial charge in [0.1, 0.15) is 5.75 Å². The van der Waals surface area contributed by atoms with Crippen molar-refractivity contribution in [3.63, 3.8) is 0 Å². The lowest BCUT2D eigenvalue weighted by atomic mass is 9.56. The van der Waals surface area contributed by atoms with Crippen molar-refractivity contribution in [2.24, 2.45) is 23.7 Å². The molecule has 0 saturated heterocycles. The van der Waals surface area contributed by atoms with Crippen LogP contribution in [-0.4, -0.2) is 28.9 Å². The molecule has 2 N–H and O–H groups in total. The number of aliphatic hydroxyl groups excluding tert-OH is 1. The van der Waals surface area contributed by atoms with Gasteiger partial charge in [-0.3, -0.25) is 4.79 Å². The number of phenols is 1. The Morgan fingerprint density at radius 3 is 2.84 bits per heavy atom. The highest BCUT2D eigenvalue weighted by Gasteiger charge is 2.51. The molecule has 0 spiro atoms. The van der Waals surface area contributed by atoms with Gasteiger partial charge in [0.2, 0.25) is 0 Å². The van der Waals surface area contributed by atoms with Gasteiger partial charge in [0, 0.05) is 6.92 Å². The molecule has 0 amide bonds. The number of fused-ring (bicyclic) bond motifs is 5. The molecule has 0 aliphatic heterocycles. The fourth-order valence-corrected chi connectivity index (χ4v) is 6.04. The van der Waals surface area contributed by atoms with E-state index in [-0.39, 0.29) is 12.1 Å². The first kappa shape index (κ1) is 16.9. The molecule has 6 atom stereocenters. The van der Waals surface area contributed by atoms with Crippen molar-refractivity contribution < 1.29 is 19.7 Å². The summed E-state index contributed by atoms with van der Waals surface area (Å²) >= 11 is 0. The Labute approximate surface area is 149 Å². The number of aryl methyl sites for hydroxylation is 1. The fourth-order valence-electron chi connectivity index (χ4n) is 6.04. The third kappa shape index (κ3) is 3.05. The van der Waals surface area contributed by atoms with Crippen LogP contribution in [-0.2, 0) is 16.0 Å². The molecule has 4 rings (SSSR count). The van der Waals surface area contributed by atoms with Gasteiger partial charge in [-0.05, 0) is 91.4 Å². The highest BCUT2D eigenvalue weighted by molar-refractivity contribution is 5.65. The van der Waals surface area contributed by atoms with Gasteiger partial charge < -0.3 is 14.9 Å². The zero-order valence-corrected chi connectivity index (χ0v) is 14.9. The zero-order chi connectivity index (χ0) is 17.6. The minimum absolute atomic E-state index is 0.164. The molecule has 136 valence electrons. The van der Waals surface area contributed by atoms with Crippen LogP contribution in [0.4, 0.5) is 0 Å². The summed E-state index contributed by atoms with van der Waals surface area (Å²) in [5.74, 6) is 2.65. The Balaban J connectivity index is 1.64. The minimum atomic E-state index is -0.222. The number of aromatic hydroxyl groups is 1. The molecule has 4 nitrogen and oxygen atoms in total. The molecule has 2 fully saturated rings. The molecule has 0 radical (unpaired) electrons. The summed E-state index contributed by atoms with van der Waals surface area (Å²) < 4.78 is 5.23. The molecule has 4 heteroatoms. The number of rotatable bonds is 3. The second-order valence-electron chi connectivity index (χ2n) is 8.21. The lowest BCUT2D eigenvalue weighted by Gasteiger charge is -2.49. The summed E-state index contributed by atoms with van der Waals surface area (Å²) in [6, 6.07) is 5.83. The van der Waals surface area contributed by atoms with Crippen LogP contribution < -0.4 is 0 Å². The van der Waals surface area contributed by atoms with Crippen LogP contribution in [0.1, 0.15) is 56.1 Å². The van der Waals surface area contributed by atoms with E-state index >= 15 is 0 Å². The molecule has 3 aliphatic carbocycles. The maximum Gasteiger partial charge on any atom is 0.302 e. The summed E-state index contributed by atoms with van der Waals surface area (Å²) in [7, 11) is 0. The van der Waals surface area contributed by atoms with Crippen LogP contribution in [0, 0.1) is 23.7 Å². The van der Waals surface area contributed by atoms with Gasteiger partial charge in [-0.1, -0.05) is 6.07 Å². The summed E-state index contributed by atoms with van der Waals surface area (Å²) in [5.41, 5.74) is 2.65. The van der Waals surface area contributed by atoms with E-state index in [9.17, 15) is 15.0 Å². The van der Waals surface area contributed by atoms with Crippen molar-refractivity contribution in [1.29, 1.82) is 0 Å². The average Bonchev–Trinajstić information content (AvgIpc) is 2.95. The van der Waals surface area contributed by atoms with Crippen LogP contribution in [0.2, 0.25) is 0 Å². The van der Waals surface area contributed by atoms with Crippen molar-refractivity contribution in [3.8, 4) is 5.75 Å². The summed E-state index contributed by atoms with van der Waals surface area (Å²) in [4.78, 5) is 11.1. The Morgan fingerprint density at radius 2 is 2.04 bits per heavy atom. The van der Waals surface area contributed by atoms with Crippen LogP contribution in [0.25, 0.3) is 0 Å². The van der Waals surface area contributed by atoms with Gasteiger partial charge in [0.05, 0.1) is 12.7 Å². The summed E-state index contributed by atoms with van der Waals surface area (Å²) in [5, 5.41) is 20.3. The van der Waals surface area contributed by atoms with E-state index in [1.54, 1.807) is 6.07 Å². The number of carbonyl (C=O) groups is 1. The van der Waals surface area contributed by atoms with Gasteiger partial charge in [-0.15, -0.1) is 0 Å². The normalized spacial score (nSPS) is 36.2. The number of ether oxygens (including phenoxy) is 1. The molecular formula is C21H28O4. The Morgan fingerprint density at radius 1 is 1.20 bits per heavy atom. The third-order valence-corrected chi connectivity index (χ3v) is 6.96. The van der Waals surface area contributed by atoms with Crippen LogP contribution in [0.5, 0.6) is 5.75 Å². The first-order valence-electron chi connectivity index (χ1n) is 9.68. The molecule has 3 aliphatic rings. The lowest BCUT2D eigenvalue weighted by Crippen LogP contribution is -2.42. The Kier molecular flexibility index (Phi) is 4.48. The van der Waals surface area contributed by atoms with Crippen molar-refractivity contribution in [3.05, 3.63) is 29.3 Å². The van der Waals surface area contributed by atoms with Gasteiger partial charge in [-0.2, -0.15) is 0 Å². The molecule has 25 heavy (non-hydrogen) atoms. The summed E-state index contributed by atoms with van der Waals surface area (Å²) in [6.07, 6.45) is 5.93. The van der Waals surface area contributed by atoms with Crippen molar-refractivity contribution in [1.82, 2.24) is 0 Å².